The summed E-state index contributed by atoms with van der Waals surface area (Å²) >= 11 is 1.75. The predicted octanol–water partition coefficient (Wildman–Crippen LogP) is 3.76. The highest BCUT2D eigenvalue weighted by atomic mass is 127. The molecule has 0 saturated carbocycles. The maximum absolute atomic E-state index is 12.9. The molecule has 3 rings (SSSR count). The topological polar surface area (TPSA) is 68.2 Å². The smallest absolute Gasteiger partial charge is 0.368 e. The summed E-state index contributed by atoms with van der Waals surface area (Å²) in [7, 11) is 0. The molecule has 2 aromatic carbocycles. The SMILES string of the molecule is Nc1nc(C(F)(F)F)cc(=Nc2ccc3ccccc3c2)n1NI. The van der Waals surface area contributed by atoms with Gasteiger partial charge in [0.1, 0.15) is 0 Å². The van der Waals surface area contributed by atoms with Gasteiger partial charge in [-0.3, -0.25) is 3.64 Å². The number of benzene rings is 2. The zero-order valence-electron chi connectivity index (χ0n) is 12.0. The monoisotopic (exact) mass is 445 g/mol. The van der Waals surface area contributed by atoms with Gasteiger partial charge in [-0.1, -0.05) is 30.3 Å². The molecule has 3 N–H and O–H groups in total. The molecule has 9 heteroatoms. The lowest BCUT2D eigenvalue weighted by Crippen LogP contribution is -2.30. The van der Waals surface area contributed by atoms with Crippen molar-refractivity contribution in [1.82, 2.24) is 9.66 Å². The summed E-state index contributed by atoms with van der Waals surface area (Å²) in [6, 6.07) is 13.8. The summed E-state index contributed by atoms with van der Waals surface area (Å²) in [6.45, 7) is 0. The standard InChI is InChI=1S/C15H11F3IN5/c16-15(17,18)12-8-13(24(23-19)14(20)22-12)21-11-6-5-9-3-1-2-4-10(9)7-11/h1-8,23H,(H2,20,22). The van der Waals surface area contributed by atoms with Gasteiger partial charge in [0.2, 0.25) is 5.95 Å². The second-order valence-corrected chi connectivity index (χ2v) is 5.40. The van der Waals surface area contributed by atoms with Gasteiger partial charge < -0.3 is 5.73 Å². The molecule has 0 spiro atoms. The summed E-state index contributed by atoms with van der Waals surface area (Å²) < 4.78 is 42.6. The molecule has 124 valence electrons. The quantitative estimate of drug-likeness (QED) is 0.467. The van der Waals surface area contributed by atoms with Crippen LogP contribution in [0.3, 0.4) is 0 Å². The Kier molecular flexibility index (Phi) is 4.35. The molecular formula is C15H11F3IN5. The predicted molar refractivity (Wildman–Crippen MR) is 94.2 cm³/mol. The van der Waals surface area contributed by atoms with Crippen LogP contribution in [0, 0.1) is 0 Å². The normalized spacial score (nSPS) is 12.6. The molecule has 0 atom stereocenters. The van der Waals surface area contributed by atoms with Crippen LogP contribution < -0.4 is 14.9 Å². The van der Waals surface area contributed by atoms with E-state index in [4.69, 9.17) is 5.73 Å². The highest BCUT2D eigenvalue weighted by Crippen LogP contribution is 2.27. The number of nitrogens with zero attached hydrogens (tertiary/aromatic N) is 3. The first-order valence-electron chi connectivity index (χ1n) is 6.75. The lowest BCUT2D eigenvalue weighted by atomic mass is 10.1. The van der Waals surface area contributed by atoms with Crippen LogP contribution in [0.1, 0.15) is 5.69 Å². The van der Waals surface area contributed by atoms with Crippen LogP contribution in [0.25, 0.3) is 10.8 Å². The van der Waals surface area contributed by atoms with Crippen molar-refractivity contribution in [2.24, 2.45) is 4.99 Å². The van der Waals surface area contributed by atoms with Crippen LogP contribution in [0.5, 0.6) is 0 Å². The lowest BCUT2D eigenvalue weighted by molar-refractivity contribution is -0.141. The van der Waals surface area contributed by atoms with E-state index in [0.29, 0.717) is 5.69 Å². The van der Waals surface area contributed by atoms with Gasteiger partial charge in [-0.15, -0.1) is 0 Å². The number of halogens is 4. The minimum atomic E-state index is -4.61. The van der Waals surface area contributed by atoms with Gasteiger partial charge in [-0.25, -0.2) is 14.7 Å². The van der Waals surface area contributed by atoms with Crippen LogP contribution in [-0.4, -0.2) is 9.66 Å². The largest absolute Gasteiger partial charge is 0.433 e. The van der Waals surface area contributed by atoms with E-state index < -0.39 is 11.9 Å². The molecule has 0 amide bonds. The van der Waals surface area contributed by atoms with Gasteiger partial charge in [0, 0.05) is 6.07 Å². The van der Waals surface area contributed by atoms with Crippen molar-refractivity contribution in [2.45, 2.75) is 6.18 Å². The third-order valence-corrected chi connectivity index (χ3v) is 3.79. The fourth-order valence-corrected chi connectivity index (χ4v) is 2.70. The Morgan fingerprint density at radius 3 is 2.46 bits per heavy atom. The highest BCUT2D eigenvalue weighted by molar-refractivity contribution is 14.1. The fourth-order valence-electron chi connectivity index (χ4n) is 2.20. The second kappa shape index (κ2) is 6.30. The van der Waals surface area contributed by atoms with Crippen molar-refractivity contribution < 1.29 is 13.2 Å². The minimum absolute atomic E-state index is 0.000457. The van der Waals surface area contributed by atoms with E-state index >= 15 is 0 Å². The van der Waals surface area contributed by atoms with Gasteiger partial charge >= 0.3 is 6.18 Å². The molecule has 0 saturated heterocycles. The Morgan fingerprint density at radius 2 is 1.79 bits per heavy atom. The van der Waals surface area contributed by atoms with E-state index in [1.54, 1.807) is 35.0 Å². The molecule has 3 aromatic rings. The van der Waals surface area contributed by atoms with E-state index in [9.17, 15) is 13.2 Å². The lowest BCUT2D eigenvalue weighted by Gasteiger charge is -2.12. The summed E-state index contributed by atoms with van der Waals surface area (Å²) in [5, 5.41) is 1.95. The molecule has 24 heavy (non-hydrogen) atoms. The van der Waals surface area contributed by atoms with Crippen LogP contribution in [0.4, 0.5) is 24.8 Å². The van der Waals surface area contributed by atoms with Crippen molar-refractivity contribution in [1.29, 1.82) is 0 Å². The Hall–Kier alpha value is -2.30. The van der Waals surface area contributed by atoms with E-state index in [-0.39, 0.29) is 11.4 Å². The van der Waals surface area contributed by atoms with Gasteiger partial charge in [-0.2, -0.15) is 13.2 Å². The second-order valence-electron chi connectivity index (χ2n) is 4.92. The molecule has 0 aliphatic rings. The van der Waals surface area contributed by atoms with Crippen LogP contribution in [0.2, 0.25) is 0 Å². The fraction of sp³-hybridized carbons (Fsp3) is 0.0667. The summed E-state index contributed by atoms with van der Waals surface area (Å²) in [5.41, 5.74) is 5.01. The number of hydrogen-bond acceptors (Lipinski definition) is 4. The molecule has 0 unspecified atom stereocenters. The highest BCUT2D eigenvalue weighted by Gasteiger charge is 2.33. The van der Waals surface area contributed by atoms with Crippen LogP contribution in [0.15, 0.2) is 53.5 Å². The number of nitrogen functional groups attached to an aromatic ring is 1. The third-order valence-electron chi connectivity index (χ3n) is 3.31. The number of nitrogens with two attached hydrogens (primary N) is 1. The zero-order valence-corrected chi connectivity index (χ0v) is 14.2. The first-order valence-corrected chi connectivity index (χ1v) is 7.83. The van der Waals surface area contributed by atoms with E-state index in [1.165, 1.54) is 4.68 Å². The minimum Gasteiger partial charge on any atom is -0.368 e. The maximum atomic E-state index is 12.9. The van der Waals surface area contributed by atoms with Gasteiger partial charge in [0.05, 0.1) is 28.6 Å². The zero-order chi connectivity index (χ0) is 17.3. The van der Waals surface area contributed by atoms with Gasteiger partial charge in [0.25, 0.3) is 0 Å². The molecule has 0 radical (unpaired) electrons. The Bertz CT molecular complexity index is 965. The number of alkyl halides is 3. The summed E-state index contributed by atoms with van der Waals surface area (Å²) in [6.07, 6.45) is -4.61. The number of hydrogen-bond donors (Lipinski definition) is 2. The van der Waals surface area contributed by atoms with Gasteiger partial charge in [-0.05, 0) is 22.9 Å². The van der Waals surface area contributed by atoms with Crippen molar-refractivity contribution in [2.75, 3.05) is 9.37 Å². The first kappa shape index (κ1) is 16.6. The number of nitrogens with one attached hydrogen (secondary N) is 1. The molecule has 0 bridgehead atoms. The number of rotatable bonds is 2. The number of anilines is 1. The third kappa shape index (κ3) is 3.30. The van der Waals surface area contributed by atoms with E-state index in [2.05, 4.69) is 13.6 Å². The first-order chi connectivity index (χ1) is 11.4. The Labute approximate surface area is 148 Å². The maximum Gasteiger partial charge on any atom is 0.433 e. The molecule has 1 aromatic heterocycles. The molecule has 0 aliphatic carbocycles. The van der Waals surface area contributed by atoms with E-state index in [0.717, 1.165) is 16.8 Å². The van der Waals surface area contributed by atoms with Gasteiger partial charge in [0.15, 0.2) is 11.2 Å². The number of aromatic nitrogens is 2. The Morgan fingerprint density at radius 1 is 1.08 bits per heavy atom. The molecule has 5 nitrogen and oxygen atoms in total. The van der Waals surface area contributed by atoms with Crippen LogP contribution >= 0.6 is 22.9 Å². The van der Waals surface area contributed by atoms with Crippen molar-refractivity contribution in [3.05, 3.63) is 59.7 Å². The average molecular weight is 445 g/mol. The average Bonchev–Trinajstić information content (AvgIpc) is 2.53. The molecule has 0 fully saturated rings. The molecular weight excluding hydrogens is 434 g/mol. The van der Waals surface area contributed by atoms with Crippen molar-refractivity contribution in [3.8, 4) is 0 Å². The van der Waals surface area contributed by atoms with E-state index in [1.807, 2.05) is 30.3 Å². The Balaban J connectivity index is 2.21. The number of fused-ring (bicyclic) bond motifs is 1. The van der Waals surface area contributed by atoms with Crippen molar-refractivity contribution >= 4 is 45.3 Å². The molecule has 0 aliphatic heterocycles. The van der Waals surface area contributed by atoms with Crippen LogP contribution in [-0.2, 0) is 6.18 Å². The molecule has 1 heterocycles. The van der Waals surface area contributed by atoms with Crippen molar-refractivity contribution in [3.63, 3.8) is 0 Å². The summed E-state index contributed by atoms with van der Waals surface area (Å²) in [5.74, 6) is -0.334. The summed E-state index contributed by atoms with van der Waals surface area (Å²) in [4.78, 5) is 7.63.